The Hall–Kier alpha value is -2.93. The Bertz CT molecular complexity index is 878. The Morgan fingerprint density at radius 2 is 2.00 bits per heavy atom. The van der Waals surface area contributed by atoms with Crippen LogP contribution in [0.25, 0.3) is 10.8 Å². The molecule has 1 aliphatic heterocycles. The lowest BCUT2D eigenvalue weighted by molar-refractivity contribution is -0.146. The lowest BCUT2D eigenvalue weighted by Crippen LogP contribution is -2.58. The number of methoxy groups -OCH3 is 1. The monoisotopic (exact) mass is 383 g/mol. The van der Waals surface area contributed by atoms with Crippen molar-refractivity contribution in [3.8, 4) is 0 Å². The number of rotatable bonds is 6. The third-order valence-electron chi connectivity index (χ3n) is 5.04. The van der Waals surface area contributed by atoms with Gasteiger partial charge in [-0.2, -0.15) is 0 Å². The maximum atomic E-state index is 12.6. The summed E-state index contributed by atoms with van der Waals surface area (Å²) in [5.41, 5.74) is 1.04. The first-order chi connectivity index (χ1) is 13.5. The number of nitrogens with one attached hydrogen (secondary N) is 2. The van der Waals surface area contributed by atoms with Crippen molar-refractivity contribution in [2.75, 3.05) is 26.7 Å². The van der Waals surface area contributed by atoms with Crippen molar-refractivity contribution in [2.45, 2.75) is 25.4 Å². The van der Waals surface area contributed by atoms with Crippen LogP contribution in [-0.4, -0.2) is 55.5 Å². The number of hydrogen-bond donors (Lipinski definition) is 2. The zero-order valence-corrected chi connectivity index (χ0v) is 16.1. The molecule has 1 saturated heterocycles. The highest BCUT2D eigenvalue weighted by Gasteiger charge is 2.33. The van der Waals surface area contributed by atoms with Gasteiger partial charge in [-0.1, -0.05) is 42.5 Å². The Labute approximate surface area is 164 Å². The molecule has 2 N–H and O–H groups in total. The third kappa shape index (κ3) is 4.48. The second kappa shape index (κ2) is 8.84. The van der Waals surface area contributed by atoms with Crippen molar-refractivity contribution in [3.05, 3.63) is 48.0 Å². The molecule has 2 amide bonds. The summed E-state index contributed by atoms with van der Waals surface area (Å²) in [6.45, 7) is 2.94. The third-order valence-corrected chi connectivity index (χ3v) is 5.04. The highest BCUT2D eigenvalue weighted by atomic mass is 16.5. The van der Waals surface area contributed by atoms with Gasteiger partial charge in [0.05, 0.1) is 26.1 Å². The number of esters is 1. The summed E-state index contributed by atoms with van der Waals surface area (Å²) < 4.78 is 4.67. The predicted molar refractivity (Wildman–Crippen MR) is 106 cm³/mol. The number of fused-ring (bicyclic) bond motifs is 1. The van der Waals surface area contributed by atoms with Gasteiger partial charge in [0, 0.05) is 13.1 Å². The largest absolute Gasteiger partial charge is 0.469 e. The van der Waals surface area contributed by atoms with E-state index >= 15 is 0 Å². The highest BCUT2D eigenvalue weighted by Crippen LogP contribution is 2.24. The van der Waals surface area contributed by atoms with Gasteiger partial charge in [-0.3, -0.25) is 19.3 Å². The fourth-order valence-corrected chi connectivity index (χ4v) is 3.59. The van der Waals surface area contributed by atoms with Crippen molar-refractivity contribution >= 4 is 28.6 Å². The summed E-state index contributed by atoms with van der Waals surface area (Å²) >= 11 is 0. The minimum atomic E-state index is -0.695. The average molecular weight is 383 g/mol. The van der Waals surface area contributed by atoms with E-state index in [0.717, 1.165) is 16.3 Å². The SMILES string of the molecule is COC(=O)C[C@H]1C(=O)NCCN1CC(=O)N[C@@H](C)c1cccc2ccccc12. The molecule has 0 aromatic heterocycles. The first kappa shape index (κ1) is 19.8. The van der Waals surface area contributed by atoms with Gasteiger partial charge in [-0.25, -0.2) is 0 Å². The molecule has 7 nitrogen and oxygen atoms in total. The molecule has 3 rings (SSSR count). The van der Waals surface area contributed by atoms with E-state index in [1.54, 1.807) is 4.90 Å². The van der Waals surface area contributed by atoms with Crippen LogP contribution in [0.2, 0.25) is 0 Å². The number of piperazine rings is 1. The minimum Gasteiger partial charge on any atom is -0.469 e. The Morgan fingerprint density at radius 3 is 2.79 bits per heavy atom. The summed E-state index contributed by atoms with van der Waals surface area (Å²) in [7, 11) is 1.28. The maximum Gasteiger partial charge on any atom is 0.307 e. The highest BCUT2D eigenvalue weighted by molar-refractivity contribution is 5.89. The van der Waals surface area contributed by atoms with E-state index < -0.39 is 12.0 Å². The predicted octanol–water partition coefficient (Wildman–Crippen LogP) is 1.38. The van der Waals surface area contributed by atoms with Crippen LogP contribution in [0.3, 0.4) is 0 Å². The quantitative estimate of drug-likeness (QED) is 0.736. The van der Waals surface area contributed by atoms with Gasteiger partial charge in [0.2, 0.25) is 11.8 Å². The summed E-state index contributed by atoms with van der Waals surface area (Å²) in [5, 5.41) is 7.95. The molecule has 1 fully saturated rings. The molecule has 0 saturated carbocycles. The van der Waals surface area contributed by atoms with E-state index in [-0.39, 0.29) is 30.8 Å². The zero-order valence-electron chi connectivity index (χ0n) is 16.1. The van der Waals surface area contributed by atoms with Crippen LogP contribution in [-0.2, 0) is 19.1 Å². The van der Waals surface area contributed by atoms with Crippen LogP contribution in [0.15, 0.2) is 42.5 Å². The standard InChI is InChI=1S/C21H25N3O4/c1-14(16-9-5-7-15-6-3-4-8-17(15)16)23-19(25)13-24-11-10-22-21(27)18(24)12-20(26)28-2/h3-9,14,18H,10-13H2,1-2H3,(H,22,27)(H,23,25)/t14-,18-/m0/s1. The fraction of sp³-hybridized carbons (Fsp3) is 0.381. The molecule has 0 radical (unpaired) electrons. The Morgan fingerprint density at radius 1 is 1.25 bits per heavy atom. The minimum absolute atomic E-state index is 0.0458. The van der Waals surface area contributed by atoms with E-state index in [9.17, 15) is 14.4 Å². The van der Waals surface area contributed by atoms with Crippen LogP contribution in [0.1, 0.15) is 24.9 Å². The molecule has 1 aliphatic rings. The Balaban J connectivity index is 1.68. The van der Waals surface area contributed by atoms with Crippen LogP contribution in [0.5, 0.6) is 0 Å². The maximum absolute atomic E-state index is 12.6. The van der Waals surface area contributed by atoms with Crippen LogP contribution in [0, 0.1) is 0 Å². The molecule has 7 heteroatoms. The molecule has 1 heterocycles. The van der Waals surface area contributed by atoms with Crippen LogP contribution < -0.4 is 10.6 Å². The fourth-order valence-electron chi connectivity index (χ4n) is 3.59. The van der Waals surface area contributed by atoms with Gasteiger partial charge in [0.1, 0.15) is 6.04 Å². The second-order valence-electron chi connectivity index (χ2n) is 6.92. The number of carbonyl (C=O) groups excluding carboxylic acids is 3. The smallest absolute Gasteiger partial charge is 0.307 e. The zero-order chi connectivity index (χ0) is 20.1. The van der Waals surface area contributed by atoms with Gasteiger partial charge in [0.25, 0.3) is 0 Å². The van der Waals surface area contributed by atoms with E-state index in [1.165, 1.54) is 7.11 Å². The van der Waals surface area contributed by atoms with Gasteiger partial charge in [-0.15, -0.1) is 0 Å². The molecule has 2 aromatic rings. The van der Waals surface area contributed by atoms with Crippen LogP contribution >= 0.6 is 0 Å². The first-order valence-electron chi connectivity index (χ1n) is 9.35. The van der Waals surface area contributed by atoms with E-state index in [4.69, 9.17) is 0 Å². The molecular formula is C21H25N3O4. The summed E-state index contributed by atoms with van der Waals surface area (Å²) in [4.78, 5) is 38.1. The van der Waals surface area contributed by atoms with Crippen molar-refractivity contribution in [3.63, 3.8) is 0 Å². The summed E-state index contributed by atoms with van der Waals surface area (Å²) in [5.74, 6) is -0.923. The number of hydrogen-bond acceptors (Lipinski definition) is 5. The molecule has 0 bridgehead atoms. The summed E-state index contributed by atoms with van der Waals surface area (Å²) in [6.07, 6.45) is -0.0749. The average Bonchev–Trinajstić information content (AvgIpc) is 2.69. The molecule has 2 aromatic carbocycles. The second-order valence-corrected chi connectivity index (χ2v) is 6.92. The van der Waals surface area contributed by atoms with Gasteiger partial charge in [0.15, 0.2) is 0 Å². The van der Waals surface area contributed by atoms with Gasteiger partial charge in [-0.05, 0) is 23.3 Å². The molecule has 0 spiro atoms. The van der Waals surface area contributed by atoms with Crippen LogP contribution in [0.4, 0.5) is 0 Å². The summed E-state index contributed by atoms with van der Waals surface area (Å²) in [6, 6.07) is 13.2. The first-order valence-corrected chi connectivity index (χ1v) is 9.35. The normalized spacial score (nSPS) is 18.4. The topological polar surface area (TPSA) is 87.7 Å². The molecule has 2 atom stereocenters. The van der Waals surface area contributed by atoms with Crippen molar-refractivity contribution < 1.29 is 19.1 Å². The molecule has 28 heavy (non-hydrogen) atoms. The van der Waals surface area contributed by atoms with Gasteiger partial charge >= 0.3 is 5.97 Å². The number of carbonyl (C=O) groups is 3. The van der Waals surface area contributed by atoms with E-state index in [2.05, 4.69) is 15.4 Å². The Kier molecular flexibility index (Phi) is 6.26. The van der Waals surface area contributed by atoms with E-state index in [1.807, 2.05) is 49.4 Å². The number of benzene rings is 2. The van der Waals surface area contributed by atoms with Crippen molar-refractivity contribution in [1.29, 1.82) is 0 Å². The molecular weight excluding hydrogens is 358 g/mol. The number of amides is 2. The van der Waals surface area contributed by atoms with Gasteiger partial charge < -0.3 is 15.4 Å². The number of nitrogens with zero attached hydrogens (tertiary/aromatic N) is 1. The molecule has 148 valence electrons. The molecule has 0 unspecified atom stereocenters. The molecule has 0 aliphatic carbocycles. The lowest BCUT2D eigenvalue weighted by atomic mass is 9.99. The van der Waals surface area contributed by atoms with Crippen molar-refractivity contribution in [1.82, 2.24) is 15.5 Å². The van der Waals surface area contributed by atoms with E-state index in [0.29, 0.717) is 13.1 Å². The van der Waals surface area contributed by atoms with Crippen molar-refractivity contribution in [2.24, 2.45) is 0 Å². The number of ether oxygens (including phenoxy) is 1. The lowest BCUT2D eigenvalue weighted by Gasteiger charge is -2.34.